The number of aliphatic hydroxyl groups is 1. The minimum atomic E-state index is -2.03. The molecule has 4 rings (SSSR count). The van der Waals surface area contributed by atoms with E-state index in [9.17, 15) is 23.5 Å². The number of halogens is 2. The van der Waals surface area contributed by atoms with Crippen LogP contribution in [0.4, 0.5) is 8.78 Å². The van der Waals surface area contributed by atoms with Crippen molar-refractivity contribution in [1.29, 1.82) is 0 Å². The van der Waals surface area contributed by atoms with Crippen LogP contribution in [0.5, 0.6) is 0 Å². The Bertz CT molecular complexity index is 1370. The SMILES string of the molecule is CCOC(=O)c1cn2c(=O)n([C@H](C)C(O)(Cn3cncn3)c3ccc(F)cc3F)ccc2n1. The fraction of sp³-hybridized carbons (Fsp3) is 0.286. The van der Waals surface area contributed by atoms with Crippen LogP contribution >= 0.6 is 0 Å². The number of fused-ring (bicyclic) bond motifs is 1. The van der Waals surface area contributed by atoms with Crippen LogP contribution < -0.4 is 5.69 Å². The summed E-state index contributed by atoms with van der Waals surface area (Å²) in [5.74, 6) is -2.47. The van der Waals surface area contributed by atoms with Crippen molar-refractivity contribution in [2.45, 2.75) is 32.0 Å². The van der Waals surface area contributed by atoms with E-state index >= 15 is 0 Å². The van der Waals surface area contributed by atoms with E-state index in [1.54, 1.807) is 6.92 Å². The second kappa shape index (κ2) is 8.54. The van der Waals surface area contributed by atoms with Crippen LogP contribution in [0.15, 0.2) is 54.1 Å². The molecule has 33 heavy (non-hydrogen) atoms. The van der Waals surface area contributed by atoms with Crippen molar-refractivity contribution < 1.29 is 23.4 Å². The Morgan fingerprint density at radius 3 is 2.76 bits per heavy atom. The molecule has 172 valence electrons. The molecule has 0 aliphatic heterocycles. The van der Waals surface area contributed by atoms with Gasteiger partial charge in [0.05, 0.1) is 19.2 Å². The number of carbonyl (C=O) groups is 1. The molecule has 1 aromatic carbocycles. The highest BCUT2D eigenvalue weighted by atomic mass is 19.1. The minimum absolute atomic E-state index is 0.0539. The third kappa shape index (κ3) is 4.00. The van der Waals surface area contributed by atoms with Gasteiger partial charge in [0, 0.05) is 24.0 Å². The highest BCUT2D eigenvalue weighted by molar-refractivity contribution is 5.87. The van der Waals surface area contributed by atoms with Crippen molar-refractivity contribution in [2.75, 3.05) is 6.61 Å². The number of ether oxygens (including phenoxy) is 1. The average molecular weight is 458 g/mol. The van der Waals surface area contributed by atoms with Crippen LogP contribution in [-0.2, 0) is 16.9 Å². The molecular weight excluding hydrogens is 438 g/mol. The molecule has 1 unspecified atom stereocenters. The molecular formula is C21H20F2N6O4. The van der Waals surface area contributed by atoms with Crippen LogP contribution in [0.1, 0.15) is 35.9 Å². The number of nitrogens with zero attached hydrogens (tertiary/aromatic N) is 6. The van der Waals surface area contributed by atoms with Gasteiger partial charge >= 0.3 is 11.7 Å². The number of aromatic nitrogens is 6. The van der Waals surface area contributed by atoms with Gasteiger partial charge in [-0.15, -0.1) is 0 Å². The Morgan fingerprint density at radius 1 is 1.30 bits per heavy atom. The molecule has 0 aliphatic carbocycles. The van der Waals surface area contributed by atoms with Gasteiger partial charge in [-0.1, -0.05) is 6.07 Å². The van der Waals surface area contributed by atoms with E-state index in [2.05, 4.69) is 15.1 Å². The number of rotatable bonds is 7. The fourth-order valence-electron chi connectivity index (χ4n) is 3.67. The van der Waals surface area contributed by atoms with Crippen molar-refractivity contribution in [2.24, 2.45) is 0 Å². The fourth-order valence-corrected chi connectivity index (χ4v) is 3.67. The normalized spacial score (nSPS) is 14.2. The molecule has 3 aromatic heterocycles. The van der Waals surface area contributed by atoms with Gasteiger partial charge in [-0.25, -0.2) is 33.0 Å². The van der Waals surface area contributed by atoms with E-state index in [1.807, 2.05) is 0 Å². The van der Waals surface area contributed by atoms with Gasteiger partial charge in [0.15, 0.2) is 5.69 Å². The molecule has 0 spiro atoms. The Labute approximate surface area is 185 Å². The molecule has 0 bridgehead atoms. The maximum absolute atomic E-state index is 14.8. The summed E-state index contributed by atoms with van der Waals surface area (Å²) in [5, 5.41) is 15.7. The van der Waals surface area contributed by atoms with E-state index in [0.29, 0.717) is 6.07 Å². The number of carbonyl (C=O) groups excluding carboxylic acids is 1. The molecule has 0 radical (unpaired) electrons. The van der Waals surface area contributed by atoms with Crippen LogP contribution in [-0.4, -0.2) is 46.4 Å². The lowest BCUT2D eigenvalue weighted by Crippen LogP contribution is -2.44. The van der Waals surface area contributed by atoms with Crippen molar-refractivity contribution in [3.8, 4) is 0 Å². The largest absolute Gasteiger partial charge is 0.461 e. The zero-order valence-corrected chi connectivity index (χ0v) is 17.7. The number of imidazole rings is 1. The van der Waals surface area contributed by atoms with E-state index < -0.39 is 34.9 Å². The Balaban J connectivity index is 1.83. The second-order valence-corrected chi connectivity index (χ2v) is 7.40. The first kappa shape index (κ1) is 22.3. The predicted molar refractivity (Wildman–Crippen MR) is 110 cm³/mol. The zero-order chi connectivity index (χ0) is 23.8. The third-order valence-corrected chi connectivity index (χ3v) is 5.40. The first-order valence-electron chi connectivity index (χ1n) is 10.0. The molecule has 1 N–H and O–H groups in total. The highest BCUT2D eigenvalue weighted by Crippen LogP contribution is 2.36. The zero-order valence-electron chi connectivity index (χ0n) is 17.7. The Hall–Kier alpha value is -3.93. The lowest BCUT2D eigenvalue weighted by Gasteiger charge is -2.35. The van der Waals surface area contributed by atoms with E-state index in [0.717, 1.165) is 16.5 Å². The minimum Gasteiger partial charge on any atom is -0.461 e. The van der Waals surface area contributed by atoms with E-state index in [-0.39, 0.29) is 30.1 Å². The molecule has 3 heterocycles. The van der Waals surface area contributed by atoms with Crippen LogP contribution in [0.25, 0.3) is 5.65 Å². The smallest absolute Gasteiger partial charge is 0.358 e. The lowest BCUT2D eigenvalue weighted by molar-refractivity contribution is -0.0346. The number of hydrogen-bond acceptors (Lipinski definition) is 7. The highest BCUT2D eigenvalue weighted by Gasteiger charge is 2.41. The summed E-state index contributed by atoms with van der Waals surface area (Å²) in [6.07, 6.45) is 5.17. The quantitative estimate of drug-likeness (QED) is 0.419. The molecule has 4 aromatic rings. The van der Waals surface area contributed by atoms with Crippen molar-refractivity contribution in [3.05, 3.63) is 82.7 Å². The third-order valence-electron chi connectivity index (χ3n) is 5.40. The number of benzene rings is 1. The first-order valence-corrected chi connectivity index (χ1v) is 10.0. The second-order valence-electron chi connectivity index (χ2n) is 7.40. The summed E-state index contributed by atoms with van der Waals surface area (Å²) in [6.45, 7) is 3.02. The molecule has 12 heteroatoms. The van der Waals surface area contributed by atoms with Crippen LogP contribution in [0.2, 0.25) is 0 Å². The summed E-state index contributed by atoms with van der Waals surface area (Å²) in [7, 11) is 0. The predicted octanol–water partition coefficient (Wildman–Crippen LogP) is 1.69. The molecule has 2 atom stereocenters. The van der Waals surface area contributed by atoms with Crippen LogP contribution in [0, 0.1) is 11.6 Å². The van der Waals surface area contributed by atoms with Gasteiger partial charge in [0.2, 0.25) is 0 Å². The molecule has 0 aliphatic rings. The van der Waals surface area contributed by atoms with E-state index in [4.69, 9.17) is 4.74 Å². The Kier molecular flexibility index (Phi) is 5.77. The van der Waals surface area contributed by atoms with Crippen molar-refractivity contribution in [1.82, 2.24) is 28.7 Å². The maximum Gasteiger partial charge on any atom is 0.358 e. The topological polar surface area (TPSA) is 117 Å². The summed E-state index contributed by atoms with van der Waals surface area (Å²) < 4.78 is 36.8. The molecule has 0 amide bonds. The van der Waals surface area contributed by atoms with Gasteiger partial charge < -0.3 is 9.84 Å². The molecule has 0 fully saturated rings. The van der Waals surface area contributed by atoms with Gasteiger partial charge in [-0.3, -0.25) is 8.97 Å². The van der Waals surface area contributed by atoms with Gasteiger partial charge in [0.1, 0.15) is 35.5 Å². The van der Waals surface area contributed by atoms with Crippen molar-refractivity contribution in [3.63, 3.8) is 0 Å². The monoisotopic (exact) mass is 458 g/mol. The van der Waals surface area contributed by atoms with Gasteiger partial charge in [-0.2, -0.15) is 5.10 Å². The van der Waals surface area contributed by atoms with Gasteiger partial charge in [0.25, 0.3) is 0 Å². The lowest BCUT2D eigenvalue weighted by atomic mass is 9.86. The average Bonchev–Trinajstić information content (AvgIpc) is 3.43. The molecule has 0 saturated carbocycles. The first-order chi connectivity index (χ1) is 15.7. The maximum atomic E-state index is 14.8. The number of hydrogen-bond donors (Lipinski definition) is 1. The summed E-state index contributed by atoms with van der Waals surface area (Å²) in [5.41, 5.74) is -2.76. The molecule has 0 saturated heterocycles. The Morgan fingerprint density at radius 2 is 2.09 bits per heavy atom. The van der Waals surface area contributed by atoms with Crippen molar-refractivity contribution >= 4 is 11.6 Å². The molecule has 10 nitrogen and oxygen atoms in total. The van der Waals surface area contributed by atoms with E-state index in [1.165, 1.54) is 47.3 Å². The number of esters is 1. The van der Waals surface area contributed by atoms with Crippen LogP contribution in [0.3, 0.4) is 0 Å². The summed E-state index contributed by atoms with van der Waals surface area (Å²) in [4.78, 5) is 33.1. The van der Waals surface area contributed by atoms with Gasteiger partial charge in [-0.05, 0) is 26.0 Å². The summed E-state index contributed by atoms with van der Waals surface area (Å²) >= 11 is 0. The summed E-state index contributed by atoms with van der Waals surface area (Å²) in [6, 6.07) is 3.20. The standard InChI is InChI=1S/C21H20F2N6O4/c1-3-33-19(30)17-9-29-18(26-17)6-7-28(20(29)31)13(2)21(32,10-27-12-24-11-25-27)15-5-4-14(22)8-16(15)23/h4-9,11-13,32H,3,10H2,1-2H3/t13-,21?/m1/s1.